The molecule has 0 bridgehead atoms. The fourth-order valence-electron chi connectivity index (χ4n) is 3.11. The lowest BCUT2D eigenvalue weighted by Crippen LogP contribution is -2.43. The van der Waals surface area contributed by atoms with Gasteiger partial charge < -0.3 is 15.2 Å². The highest BCUT2D eigenvalue weighted by molar-refractivity contribution is 5.48. The lowest BCUT2D eigenvalue weighted by atomic mass is 9.92. The summed E-state index contributed by atoms with van der Waals surface area (Å²) < 4.78 is 5.44. The summed E-state index contributed by atoms with van der Waals surface area (Å²) in [6, 6.07) is 10.0. The molecule has 4 nitrogen and oxygen atoms in total. The van der Waals surface area contributed by atoms with Crippen LogP contribution in [0.5, 0.6) is 5.75 Å². The van der Waals surface area contributed by atoms with Gasteiger partial charge in [-0.05, 0) is 41.7 Å². The van der Waals surface area contributed by atoms with Crippen LogP contribution in [0.1, 0.15) is 23.1 Å². The van der Waals surface area contributed by atoms with E-state index in [2.05, 4.69) is 16.4 Å². The summed E-state index contributed by atoms with van der Waals surface area (Å²) in [4.78, 5) is 4.13. The number of methoxy groups -OCH3 is 1. The van der Waals surface area contributed by atoms with Gasteiger partial charge in [0.1, 0.15) is 5.75 Å². The second-order valence-corrected chi connectivity index (χ2v) is 5.44. The first-order chi connectivity index (χ1) is 10.3. The molecule has 2 N–H and O–H groups in total. The zero-order chi connectivity index (χ0) is 14.7. The van der Waals surface area contributed by atoms with Gasteiger partial charge in [0.25, 0.3) is 0 Å². The maximum absolute atomic E-state index is 9.99. The van der Waals surface area contributed by atoms with Crippen molar-refractivity contribution in [2.75, 3.05) is 13.7 Å². The van der Waals surface area contributed by atoms with E-state index in [1.807, 2.05) is 30.5 Å². The molecule has 0 saturated carbocycles. The van der Waals surface area contributed by atoms with Crippen molar-refractivity contribution in [3.63, 3.8) is 0 Å². The molecule has 1 aromatic heterocycles. The second kappa shape index (κ2) is 5.84. The molecule has 0 amide bonds. The predicted octanol–water partition coefficient (Wildman–Crippen LogP) is 2.01. The van der Waals surface area contributed by atoms with E-state index >= 15 is 0 Å². The predicted molar refractivity (Wildman–Crippen MR) is 81.2 cm³/mol. The number of pyridine rings is 1. The maximum atomic E-state index is 9.99. The normalized spacial score (nSPS) is 20.3. The molecule has 2 aromatic rings. The highest BCUT2D eigenvalue weighted by atomic mass is 16.5. The van der Waals surface area contributed by atoms with Crippen LogP contribution in [0.2, 0.25) is 0 Å². The Labute approximate surface area is 124 Å². The average molecular weight is 284 g/mol. The van der Waals surface area contributed by atoms with Gasteiger partial charge in [0, 0.05) is 18.9 Å². The zero-order valence-electron chi connectivity index (χ0n) is 12.2. The van der Waals surface area contributed by atoms with Gasteiger partial charge in [0.05, 0.1) is 19.3 Å². The Morgan fingerprint density at radius 1 is 1.33 bits per heavy atom. The lowest BCUT2D eigenvalue weighted by Gasteiger charge is -2.30. The van der Waals surface area contributed by atoms with Crippen LogP contribution in [0, 0.1) is 0 Å². The first-order valence-corrected chi connectivity index (χ1v) is 7.20. The molecule has 1 aromatic carbocycles. The molecule has 4 heteroatoms. The molecule has 0 spiro atoms. The topological polar surface area (TPSA) is 54.4 Å². The number of hydrogen-bond acceptors (Lipinski definition) is 4. The molecule has 1 atom stereocenters. The molecule has 0 fully saturated rings. The number of nitrogens with one attached hydrogen (secondary N) is 1. The molecule has 1 unspecified atom stereocenters. The van der Waals surface area contributed by atoms with Gasteiger partial charge in [0.2, 0.25) is 0 Å². The molecule has 3 rings (SSSR count). The van der Waals surface area contributed by atoms with Crippen molar-refractivity contribution in [2.24, 2.45) is 0 Å². The number of aliphatic hydroxyl groups is 1. The third-order valence-corrected chi connectivity index (χ3v) is 4.29. The van der Waals surface area contributed by atoms with Crippen LogP contribution in [0.15, 0.2) is 42.7 Å². The maximum Gasteiger partial charge on any atom is 0.122 e. The zero-order valence-corrected chi connectivity index (χ0v) is 12.2. The Balaban J connectivity index is 1.87. The van der Waals surface area contributed by atoms with Crippen molar-refractivity contribution in [2.45, 2.75) is 24.9 Å². The van der Waals surface area contributed by atoms with Gasteiger partial charge in [-0.25, -0.2) is 0 Å². The minimum absolute atomic E-state index is 0.0768. The number of nitrogens with zero attached hydrogens (tertiary/aromatic N) is 1. The van der Waals surface area contributed by atoms with Gasteiger partial charge in [-0.1, -0.05) is 18.2 Å². The monoisotopic (exact) mass is 284 g/mol. The Hall–Kier alpha value is -1.91. The van der Waals surface area contributed by atoms with Crippen molar-refractivity contribution in [1.29, 1.82) is 0 Å². The van der Waals surface area contributed by atoms with E-state index in [1.165, 1.54) is 5.56 Å². The van der Waals surface area contributed by atoms with Crippen LogP contribution in [-0.2, 0) is 18.5 Å². The average Bonchev–Trinajstić information content (AvgIpc) is 2.93. The van der Waals surface area contributed by atoms with E-state index in [-0.39, 0.29) is 12.1 Å². The summed E-state index contributed by atoms with van der Waals surface area (Å²) in [7, 11) is 1.69. The largest absolute Gasteiger partial charge is 0.496 e. The smallest absolute Gasteiger partial charge is 0.122 e. The first-order valence-electron chi connectivity index (χ1n) is 7.20. The third-order valence-electron chi connectivity index (χ3n) is 4.29. The summed E-state index contributed by atoms with van der Waals surface area (Å²) in [5.41, 5.74) is 3.07. The Bertz CT molecular complexity index is 615. The fourth-order valence-corrected chi connectivity index (χ4v) is 3.11. The van der Waals surface area contributed by atoms with E-state index in [0.717, 1.165) is 29.7 Å². The van der Waals surface area contributed by atoms with Gasteiger partial charge in [0.15, 0.2) is 0 Å². The van der Waals surface area contributed by atoms with E-state index in [0.29, 0.717) is 6.54 Å². The first kappa shape index (κ1) is 14.0. The van der Waals surface area contributed by atoms with Crippen LogP contribution in [0.3, 0.4) is 0 Å². The van der Waals surface area contributed by atoms with E-state index in [1.54, 1.807) is 13.3 Å². The standard InChI is InChI=1S/C17H20N2O2/c1-21-16-6-2-5-15-14(16)7-8-17(15,12-20)19-11-13-4-3-9-18-10-13/h2-6,9-10,19-20H,7-8,11-12H2,1H3. The number of ether oxygens (including phenoxy) is 1. The number of fused-ring (bicyclic) bond motifs is 1. The fraction of sp³-hybridized carbons (Fsp3) is 0.353. The molecule has 1 aliphatic carbocycles. The molecular weight excluding hydrogens is 264 g/mol. The molecule has 21 heavy (non-hydrogen) atoms. The van der Waals surface area contributed by atoms with Crippen molar-refractivity contribution in [3.05, 3.63) is 59.4 Å². The minimum atomic E-state index is -0.389. The minimum Gasteiger partial charge on any atom is -0.496 e. The SMILES string of the molecule is COc1cccc2c1CCC2(CO)NCc1cccnc1. The highest BCUT2D eigenvalue weighted by Crippen LogP contribution is 2.41. The molecule has 1 aliphatic rings. The summed E-state index contributed by atoms with van der Waals surface area (Å²) >= 11 is 0. The number of rotatable bonds is 5. The van der Waals surface area contributed by atoms with E-state index in [4.69, 9.17) is 4.74 Å². The summed E-state index contributed by atoms with van der Waals surface area (Å²) in [6.45, 7) is 0.762. The van der Waals surface area contributed by atoms with Gasteiger partial charge >= 0.3 is 0 Å². The summed E-state index contributed by atoms with van der Waals surface area (Å²) in [6.07, 6.45) is 5.40. The molecule has 0 aliphatic heterocycles. The van der Waals surface area contributed by atoms with Crippen LogP contribution in [-0.4, -0.2) is 23.8 Å². The van der Waals surface area contributed by atoms with Crippen molar-refractivity contribution in [1.82, 2.24) is 10.3 Å². The van der Waals surface area contributed by atoms with E-state index < -0.39 is 0 Å². The Morgan fingerprint density at radius 2 is 2.24 bits per heavy atom. The van der Waals surface area contributed by atoms with E-state index in [9.17, 15) is 5.11 Å². The van der Waals surface area contributed by atoms with Crippen LogP contribution in [0.25, 0.3) is 0 Å². The molecule has 0 radical (unpaired) electrons. The van der Waals surface area contributed by atoms with Crippen LogP contribution >= 0.6 is 0 Å². The number of hydrogen-bond donors (Lipinski definition) is 2. The van der Waals surface area contributed by atoms with Crippen molar-refractivity contribution < 1.29 is 9.84 Å². The number of aliphatic hydroxyl groups excluding tert-OH is 1. The quantitative estimate of drug-likeness (QED) is 0.882. The van der Waals surface area contributed by atoms with Gasteiger partial charge in [-0.2, -0.15) is 0 Å². The highest BCUT2D eigenvalue weighted by Gasteiger charge is 2.39. The third kappa shape index (κ3) is 2.52. The second-order valence-electron chi connectivity index (χ2n) is 5.44. The lowest BCUT2D eigenvalue weighted by molar-refractivity contribution is 0.159. The Morgan fingerprint density at radius 3 is 2.95 bits per heavy atom. The molecule has 1 heterocycles. The molecule has 110 valence electrons. The summed E-state index contributed by atoms with van der Waals surface area (Å²) in [5, 5.41) is 13.5. The molecular formula is C17H20N2O2. The van der Waals surface area contributed by atoms with Gasteiger partial charge in [-0.3, -0.25) is 4.98 Å². The number of aromatic nitrogens is 1. The number of benzene rings is 1. The Kier molecular flexibility index (Phi) is 3.90. The summed E-state index contributed by atoms with van der Waals surface area (Å²) in [5.74, 6) is 0.908. The van der Waals surface area contributed by atoms with Crippen molar-refractivity contribution in [3.8, 4) is 5.75 Å². The van der Waals surface area contributed by atoms with Crippen LogP contribution in [0.4, 0.5) is 0 Å². The van der Waals surface area contributed by atoms with Crippen LogP contribution < -0.4 is 10.1 Å². The van der Waals surface area contributed by atoms with Gasteiger partial charge in [-0.15, -0.1) is 0 Å². The van der Waals surface area contributed by atoms with Crippen molar-refractivity contribution >= 4 is 0 Å². The molecule has 0 saturated heterocycles.